The SMILES string of the molecule is Cc1ccc(S(=O)(=O)N[C@@H](CC(=O)N/N=C\c2ccc(-c3ccc([N+](=O)[O-])cc3C)o2)c2ccccc2)cc1. The number of amides is 1. The average Bonchev–Trinajstić information content (AvgIpc) is 3.37. The van der Waals surface area contributed by atoms with E-state index in [-0.39, 0.29) is 17.0 Å². The second kappa shape index (κ2) is 11.8. The lowest BCUT2D eigenvalue weighted by atomic mass is 10.0. The van der Waals surface area contributed by atoms with Gasteiger partial charge in [0.2, 0.25) is 15.9 Å². The van der Waals surface area contributed by atoms with Crippen molar-refractivity contribution >= 4 is 27.8 Å². The molecule has 0 spiro atoms. The van der Waals surface area contributed by atoms with Gasteiger partial charge in [0.05, 0.1) is 22.1 Å². The molecule has 0 unspecified atom stereocenters. The Labute approximate surface area is 225 Å². The van der Waals surface area contributed by atoms with Crippen molar-refractivity contribution in [3.8, 4) is 11.3 Å². The van der Waals surface area contributed by atoms with Gasteiger partial charge in [-0.15, -0.1) is 0 Å². The van der Waals surface area contributed by atoms with Gasteiger partial charge in [-0.05, 0) is 55.3 Å². The number of nitro groups is 1. The van der Waals surface area contributed by atoms with Gasteiger partial charge >= 0.3 is 0 Å². The van der Waals surface area contributed by atoms with Crippen LogP contribution in [-0.2, 0) is 14.8 Å². The third kappa shape index (κ3) is 7.03. The largest absolute Gasteiger partial charge is 0.455 e. The number of aryl methyl sites for hydroxylation is 2. The molecule has 2 N–H and O–H groups in total. The number of nitro benzene ring substituents is 1. The highest BCUT2D eigenvalue weighted by Crippen LogP contribution is 2.28. The van der Waals surface area contributed by atoms with E-state index in [4.69, 9.17) is 4.42 Å². The summed E-state index contributed by atoms with van der Waals surface area (Å²) in [6.45, 7) is 3.61. The minimum Gasteiger partial charge on any atom is -0.455 e. The van der Waals surface area contributed by atoms with Gasteiger partial charge in [0.1, 0.15) is 11.5 Å². The van der Waals surface area contributed by atoms with Crippen LogP contribution in [0.5, 0.6) is 0 Å². The van der Waals surface area contributed by atoms with Crippen molar-refractivity contribution in [3.05, 3.63) is 117 Å². The molecule has 0 aliphatic rings. The summed E-state index contributed by atoms with van der Waals surface area (Å²) in [5.41, 5.74) is 5.31. The molecule has 200 valence electrons. The predicted molar refractivity (Wildman–Crippen MR) is 147 cm³/mol. The summed E-state index contributed by atoms with van der Waals surface area (Å²) in [5, 5.41) is 14.9. The maximum Gasteiger partial charge on any atom is 0.269 e. The summed E-state index contributed by atoms with van der Waals surface area (Å²) in [7, 11) is -3.89. The number of hydrogen-bond donors (Lipinski definition) is 2. The third-order valence-electron chi connectivity index (χ3n) is 5.91. The van der Waals surface area contributed by atoms with Gasteiger partial charge in [0, 0.05) is 24.1 Å². The van der Waals surface area contributed by atoms with Crippen LogP contribution < -0.4 is 10.1 Å². The summed E-state index contributed by atoms with van der Waals surface area (Å²) >= 11 is 0. The second-order valence-electron chi connectivity index (χ2n) is 8.85. The summed E-state index contributed by atoms with van der Waals surface area (Å²) in [4.78, 5) is 23.3. The summed E-state index contributed by atoms with van der Waals surface area (Å²) in [6.07, 6.45) is 1.12. The van der Waals surface area contributed by atoms with Crippen LogP contribution in [0.4, 0.5) is 5.69 Å². The second-order valence-corrected chi connectivity index (χ2v) is 10.6. The molecule has 39 heavy (non-hydrogen) atoms. The molecule has 0 aliphatic heterocycles. The van der Waals surface area contributed by atoms with Crippen molar-refractivity contribution in [1.82, 2.24) is 10.1 Å². The van der Waals surface area contributed by atoms with Crippen molar-refractivity contribution in [2.24, 2.45) is 5.10 Å². The summed E-state index contributed by atoms with van der Waals surface area (Å²) in [6, 6.07) is 22.2. The Morgan fingerprint density at radius 2 is 1.74 bits per heavy atom. The quantitative estimate of drug-likeness (QED) is 0.162. The highest BCUT2D eigenvalue weighted by Gasteiger charge is 2.23. The van der Waals surface area contributed by atoms with E-state index in [0.717, 1.165) is 5.56 Å². The summed E-state index contributed by atoms with van der Waals surface area (Å²) in [5.74, 6) is 0.331. The number of nitrogens with one attached hydrogen (secondary N) is 2. The fourth-order valence-corrected chi connectivity index (χ4v) is 5.11. The minimum atomic E-state index is -3.89. The van der Waals surface area contributed by atoms with E-state index in [1.807, 2.05) is 6.92 Å². The molecule has 1 amide bonds. The van der Waals surface area contributed by atoms with E-state index in [2.05, 4.69) is 15.2 Å². The number of hydrogen-bond acceptors (Lipinski definition) is 7. The number of rotatable bonds is 10. The lowest BCUT2D eigenvalue weighted by Crippen LogP contribution is -2.32. The van der Waals surface area contributed by atoms with Crippen LogP contribution in [0.1, 0.15) is 34.9 Å². The van der Waals surface area contributed by atoms with E-state index in [1.165, 1.54) is 30.5 Å². The number of carbonyl (C=O) groups excluding carboxylic acids is 1. The maximum atomic E-state index is 13.0. The third-order valence-corrected chi connectivity index (χ3v) is 7.40. The van der Waals surface area contributed by atoms with Crippen LogP contribution in [0.2, 0.25) is 0 Å². The monoisotopic (exact) mass is 546 g/mol. The van der Waals surface area contributed by atoms with Crippen LogP contribution in [0, 0.1) is 24.0 Å². The molecule has 4 aromatic rings. The van der Waals surface area contributed by atoms with Crippen LogP contribution >= 0.6 is 0 Å². The molecule has 0 fully saturated rings. The molecule has 3 aromatic carbocycles. The topological polar surface area (TPSA) is 144 Å². The Kier molecular flexibility index (Phi) is 8.33. The fraction of sp³-hybridized carbons (Fsp3) is 0.143. The summed E-state index contributed by atoms with van der Waals surface area (Å²) < 4.78 is 34.3. The Bertz CT molecular complexity index is 1610. The van der Waals surface area contributed by atoms with Crippen molar-refractivity contribution < 1.29 is 22.6 Å². The molecule has 4 rings (SSSR count). The van der Waals surface area contributed by atoms with Crippen molar-refractivity contribution in [1.29, 1.82) is 0 Å². The number of furan rings is 1. The fourth-order valence-electron chi connectivity index (χ4n) is 3.89. The van der Waals surface area contributed by atoms with E-state index in [9.17, 15) is 23.3 Å². The predicted octanol–water partition coefficient (Wildman–Crippen LogP) is 5.03. The van der Waals surface area contributed by atoms with Crippen LogP contribution in [0.15, 0.2) is 99.3 Å². The zero-order valence-electron chi connectivity index (χ0n) is 21.2. The molecule has 0 saturated carbocycles. The highest BCUT2D eigenvalue weighted by atomic mass is 32.2. The van der Waals surface area contributed by atoms with E-state index in [1.54, 1.807) is 67.6 Å². The first kappa shape index (κ1) is 27.4. The first-order valence-corrected chi connectivity index (χ1v) is 13.4. The molecule has 1 heterocycles. The molecule has 0 aliphatic carbocycles. The van der Waals surface area contributed by atoms with Crippen LogP contribution in [-0.4, -0.2) is 25.5 Å². The van der Waals surface area contributed by atoms with Gasteiger partial charge in [-0.3, -0.25) is 14.9 Å². The van der Waals surface area contributed by atoms with Gasteiger partial charge in [-0.1, -0.05) is 48.0 Å². The number of benzene rings is 3. The van der Waals surface area contributed by atoms with Gasteiger partial charge in [0.25, 0.3) is 5.69 Å². The molecule has 0 saturated heterocycles. The Hall–Kier alpha value is -4.61. The maximum absolute atomic E-state index is 13.0. The first-order chi connectivity index (χ1) is 18.6. The molecule has 0 bridgehead atoms. The van der Waals surface area contributed by atoms with E-state index in [0.29, 0.717) is 28.2 Å². The Morgan fingerprint density at radius 1 is 1.03 bits per heavy atom. The average molecular weight is 547 g/mol. The number of hydrazone groups is 1. The van der Waals surface area contributed by atoms with Crippen LogP contribution in [0.25, 0.3) is 11.3 Å². The number of nitrogens with zero attached hydrogens (tertiary/aromatic N) is 2. The molecule has 1 atom stereocenters. The van der Waals surface area contributed by atoms with Gasteiger partial charge < -0.3 is 4.42 Å². The number of sulfonamides is 1. The van der Waals surface area contributed by atoms with Crippen molar-refractivity contribution in [2.45, 2.75) is 31.2 Å². The highest BCUT2D eigenvalue weighted by molar-refractivity contribution is 7.89. The number of non-ortho nitro benzene ring substituents is 1. The molecule has 11 heteroatoms. The Morgan fingerprint density at radius 3 is 2.41 bits per heavy atom. The normalized spacial score (nSPS) is 12.4. The van der Waals surface area contributed by atoms with Crippen LogP contribution in [0.3, 0.4) is 0 Å². The smallest absolute Gasteiger partial charge is 0.269 e. The van der Waals surface area contributed by atoms with E-state index >= 15 is 0 Å². The molecular weight excluding hydrogens is 520 g/mol. The van der Waals surface area contributed by atoms with Gasteiger partial charge in [0.15, 0.2) is 0 Å². The standard InChI is InChI=1S/C28H26N4O6S/c1-19-8-12-24(13-9-19)39(36,37)31-26(21-6-4-3-5-7-21)17-28(33)30-29-18-23-11-15-27(38-23)25-14-10-22(32(34)35)16-20(25)2/h3-16,18,26,31H,17H2,1-2H3,(H,30,33)/b29-18-/t26-/m0/s1. The van der Waals surface area contributed by atoms with E-state index < -0.39 is 26.9 Å². The molecule has 1 aromatic heterocycles. The Balaban J connectivity index is 1.43. The van der Waals surface area contributed by atoms with Gasteiger partial charge in [-0.25, -0.2) is 18.6 Å². The zero-order chi connectivity index (χ0) is 28.0. The van der Waals surface area contributed by atoms with Crippen molar-refractivity contribution in [3.63, 3.8) is 0 Å². The minimum absolute atomic E-state index is 0.0118. The first-order valence-electron chi connectivity index (χ1n) is 11.9. The molecular formula is C28H26N4O6S. The number of carbonyl (C=O) groups is 1. The zero-order valence-corrected chi connectivity index (χ0v) is 22.0. The lowest BCUT2D eigenvalue weighted by Gasteiger charge is -2.18. The van der Waals surface area contributed by atoms with Gasteiger partial charge in [-0.2, -0.15) is 5.10 Å². The lowest BCUT2D eigenvalue weighted by molar-refractivity contribution is -0.384. The van der Waals surface area contributed by atoms with Crippen molar-refractivity contribution in [2.75, 3.05) is 0 Å². The molecule has 0 radical (unpaired) electrons. The molecule has 10 nitrogen and oxygen atoms in total.